The van der Waals surface area contributed by atoms with E-state index in [2.05, 4.69) is 10.1 Å². The van der Waals surface area contributed by atoms with Gasteiger partial charge in [-0.3, -0.25) is 9.59 Å². The van der Waals surface area contributed by atoms with Crippen LogP contribution >= 0.6 is 0 Å². The lowest BCUT2D eigenvalue weighted by Crippen LogP contribution is -2.66. The first-order valence-electron chi connectivity index (χ1n) is 7.08. The zero-order chi connectivity index (χ0) is 15.5. The highest BCUT2D eigenvalue weighted by molar-refractivity contribution is 5.98. The van der Waals surface area contributed by atoms with E-state index >= 15 is 0 Å². The Balaban J connectivity index is 1.87. The van der Waals surface area contributed by atoms with Gasteiger partial charge < -0.3 is 15.0 Å². The van der Waals surface area contributed by atoms with E-state index in [4.69, 9.17) is 0 Å². The zero-order valence-electron chi connectivity index (χ0n) is 11.7. The maximum atomic E-state index is 12.1. The summed E-state index contributed by atoms with van der Waals surface area (Å²) in [6.07, 6.45) is -1.06. The van der Waals surface area contributed by atoms with Crippen molar-refractivity contribution in [1.82, 2.24) is 10.2 Å². The molecule has 21 heavy (non-hydrogen) atoms. The number of alkyl halides is 3. The van der Waals surface area contributed by atoms with E-state index in [9.17, 15) is 22.8 Å². The Morgan fingerprint density at radius 1 is 1.24 bits per heavy atom. The molecule has 0 aromatic heterocycles. The third-order valence-electron chi connectivity index (χ3n) is 4.01. The molecule has 1 aliphatic heterocycles. The average Bonchev–Trinajstić information content (AvgIpc) is 2.87. The Morgan fingerprint density at radius 2 is 1.90 bits per heavy atom. The van der Waals surface area contributed by atoms with Crippen molar-refractivity contribution < 1.29 is 27.5 Å². The van der Waals surface area contributed by atoms with Crippen molar-refractivity contribution in [1.29, 1.82) is 0 Å². The van der Waals surface area contributed by atoms with E-state index in [1.54, 1.807) is 0 Å². The van der Waals surface area contributed by atoms with E-state index in [-0.39, 0.29) is 37.9 Å². The molecule has 2 aliphatic rings. The number of carbonyl (C=O) groups is 2. The fourth-order valence-corrected chi connectivity index (χ4v) is 3.09. The monoisotopic (exact) mass is 308 g/mol. The van der Waals surface area contributed by atoms with Crippen LogP contribution in [0.4, 0.5) is 13.2 Å². The van der Waals surface area contributed by atoms with Gasteiger partial charge in [0.05, 0.1) is 6.54 Å². The number of nitrogens with zero attached hydrogens (tertiary/aromatic N) is 1. The summed E-state index contributed by atoms with van der Waals surface area (Å²) in [5.41, 5.74) is -0.792. The Kier molecular flexibility index (Phi) is 4.75. The number of hydrogen-bond donors (Lipinski definition) is 1. The molecule has 1 saturated heterocycles. The van der Waals surface area contributed by atoms with Crippen LogP contribution in [-0.2, 0) is 14.3 Å². The molecular formula is C13H19F3N2O3. The molecule has 1 N–H and O–H groups in total. The molecule has 2 amide bonds. The summed E-state index contributed by atoms with van der Waals surface area (Å²) in [4.78, 5) is 25.7. The highest BCUT2D eigenvalue weighted by atomic mass is 19.4. The van der Waals surface area contributed by atoms with Crippen molar-refractivity contribution >= 4 is 11.8 Å². The lowest BCUT2D eigenvalue weighted by molar-refractivity contribution is -0.174. The second kappa shape index (κ2) is 6.21. The number of amides is 2. The Morgan fingerprint density at radius 3 is 2.52 bits per heavy atom. The molecule has 1 saturated carbocycles. The standard InChI is InChI=1S/C13H19F3N2O3/c14-13(15,16)9-21-7-3-6-18-10(19)8-17-11(20)12(18)4-1-2-5-12/h1-9H2,(H,17,20). The van der Waals surface area contributed by atoms with E-state index in [1.807, 2.05) is 0 Å². The Labute approximate surface area is 120 Å². The van der Waals surface area contributed by atoms with Gasteiger partial charge in [0.2, 0.25) is 11.8 Å². The first kappa shape index (κ1) is 16.1. The fraction of sp³-hybridized carbons (Fsp3) is 0.846. The molecule has 0 aromatic rings. The van der Waals surface area contributed by atoms with Crippen LogP contribution in [0.5, 0.6) is 0 Å². The maximum absolute atomic E-state index is 12.1. The molecule has 0 atom stereocenters. The summed E-state index contributed by atoms with van der Waals surface area (Å²) < 4.78 is 40.4. The van der Waals surface area contributed by atoms with Crippen molar-refractivity contribution in [2.45, 2.75) is 43.8 Å². The first-order chi connectivity index (χ1) is 9.85. The van der Waals surface area contributed by atoms with Gasteiger partial charge in [-0.2, -0.15) is 13.2 Å². The van der Waals surface area contributed by atoms with E-state index in [0.717, 1.165) is 12.8 Å². The van der Waals surface area contributed by atoms with Gasteiger partial charge in [-0.15, -0.1) is 0 Å². The average molecular weight is 308 g/mol. The predicted molar refractivity (Wildman–Crippen MR) is 67.4 cm³/mol. The van der Waals surface area contributed by atoms with E-state index in [1.165, 1.54) is 4.90 Å². The van der Waals surface area contributed by atoms with Crippen LogP contribution in [0.3, 0.4) is 0 Å². The van der Waals surface area contributed by atoms with Crippen molar-refractivity contribution in [2.24, 2.45) is 0 Å². The van der Waals surface area contributed by atoms with Gasteiger partial charge in [0.25, 0.3) is 0 Å². The number of rotatable bonds is 5. The fourth-order valence-electron chi connectivity index (χ4n) is 3.09. The molecule has 0 radical (unpaired) electrons. The molecule has 8 heteroatoms. The van der Waals surface area contributed by atoms with Gasteiger partial charge in [0.1, 0.15) is 12.1 Å². The molecule has 5 nitrogen and oxygen atoms in total. The van der Waals surface area contributed by atoms with Crippen LogP contribution in [0.2, 0.25) is 0 Å². The minimum atomic E-state index is -4.34. The summed E-state index contributed by atoms with van der Waals surface area (Å²) in [5.74, 6) is -0.317. The topological polar surface area (TPSA) is 58.6 Å². The number of halogens is 3. The smallest absolute Gasteiger partial charge is 0.372 e. The number of hydrogen-bond acceptors (Lipinski definition) is 3. The molecular weight excluding hydrogens is 289 g/mol. The summed E-state index contributed by atoms with van der Waals surface area (Å²) >= 11 is 0. The van der Waals surface area contributed by atoms with E-state index < -0.39 is 18.3 Å². The van der Waals surface area contributed by atoms with Crippen molar-refractivity contribution in [3.05, 3.63) is 0 Å². The number of carbonyl (C=O) groups excluding carboxylic acids is 2. The Bertz CT molecular complexity index is 406. The molecule has 2 fully saturated rings. The number of piperazine rings is 1. The Hall–Kier alpha value is -1.31. The predicted octanol–water partition coefficient (Wildman–Crippen LogP) is 1.23. The zero-order valence-corrected chi connectivity index (χ0v) is 11.7. The molecule has 0 unspecified atom stereocenters. The van der Waals surface area contributed by atoms with Crippen LogP contribution in [0.25, 0.3) is 0 Å². The quantitative estimate of drug-likeness (QED) is 0.777. The summed E-state index contributed by atoms with van der Waals surface area (Å²) in [5, 5.41) is 2.61. The molecule has 1 aliphatic carbocycles. The summed E-state index contributed by atoms with van der Waals surface area (Å²) in [6, 6.07) is 0. The SMILES string of the molecule is O=C1CNC(=O)C2(CCCC2)N1CCCOCC(F)(F)F. The van der Waals surface area contributed by atoms with Gasteiger partial charge in [0, 0.05) is 13.2 Å². The van der Waals surface area contributed by atoms with Crippen molar-refractivity contribution in [3.63, 3.8) is 0 Å². The van der Waals surface area contributed by atoms with Gasteiger partial charge in [-0.1, -0.05) is 12.8 Å². The van der Waals surface area contributed by atoms with Crippen LogP contribution < -0.4 is 5.32 Å². The lowest BCUT2D eigenvalue weighted by atomic mass is 9.91. The van der Waals surface area contributed by atoms with Crippen molar-refractivity contribution in [2.75, 3.05) is 26.3 Å². The molecule has 1 spiro atoms. The molecule has 2 rings (SSSR count). The third-order valence-corrected chi connectivity index (χ3v) is 4.01. The molecule has 1 heterocycles. The highest BCUT2D eigenvalue weighted by Gasteiger charge is 2.50. The minimum absolute atomic E-state index is 0.0377. The van der Waals surface area contributed by atoms with Crippen LogP contribution in [0.15, 0.2) is 0 Å². The maximum Gasteiger partial charge on any atom is 0.411 e. The van der Waals surface area contributed by atoms with Gasteiger partial charge >= 0.3 is 6.18 Å². The molecule has 0 bridgehead atoms. The van der Waals surface area contributed by atoms with Crippen LogP contribution in [0.1, 0.15) is 32.1 Å². The van der Waals surface area contributed by atoms with Gasteiger partial charge in [-0.05, 0) is 19.3 Å². The minimum Gasteiger partial charge on any atom is -0.372 e. The van der Waals surface area contributed by atoms with Crippen LogP contribution in [0, 0.1) is 0 Å². The third kappa shape index (κ3) is 3.66. The normalized spacial score (nSPS) is 22.0. The largest absolute Gasteiger partial charge is 0.411 e. The first-order valence-corrected chi connectivity index (χ1v) is 7.08. The van der Waals surface area contributed by atoms with Gasteiger partial charge in [-0.25, -0.2) is 0 Å². The number of nitrogens with one attached hydrogen (secondary N) is 1. The molecule has 0 aromatic carbocycles. The summed E-state index contributed by atoms with van der Waals surface area (Å²) in [7, 11) is 0. The highest BCUT2D eigenvalue weighted by Crippen LogP contribution is 2.37. The van der Waals surface area contributed by atoms with Gasteiger partial charge in [0.15, 0.2) is 0 Å². The lowest BCUT2D eigenvalue weighted by Gasteiger charge is -2.43. The van der Waals surface area contributed by atoms with Crippen LogP contribution in [-0.4, -0.2) is 54.7 Å². The second-order valence-corrected chi connectivity index (χ2v) is 5.49. The second-order valence-electron chi connectivity index (χ2n) is 5.49. The molecule has 120 valence electrons. The van der Waals surface area contributed by atoms with E-state index in [0.29, 0.717) is 12.8 Å². The summed E-state index contributed by atoms with van der Waals surface area (Å²) in [6.45, 7) is -1.15. The number of ether oxygens (including phenoxy) is 1. The van der Waals surface area contributed by atoms with Crippen molar-refractivity contribution in [3.8, 4) is 0 Å².